The molecule has 13 aliphatic rings. The highest BCUT2D eigenvalue weighted by atomic mass is 16.5. The van der Waals surface area contributed by atoms with E-state index in [1.54, 1.807) is 0 Å². The lowest BCUT2D eigenvalue weighted by Crippen LogP contribution is -2.76. The Morgan fingerprint density at radius 1 is 0.264 bits per heavy atom. The van der Waals surface area contributed by atoms with Crippen LogP contribution in [0.4, 0.5) is 0 Å². The first-order chi connectivity index (χ1) is 43.0. The molecule has 0 aromatic carbocycles. The smallest absolute Gasteiger partial charge is 0.193 e. The molecule has 1 aliphatic carbocycles. The van der Waals surface area contributed by atoms with Gasteiger partial charge in [-0.25, -0.2) is 60.1 Å². The van der Waals surface area contributed by atoms with Gasteiger partial charge in [0.2, 0.25) is 0 Å². The summed E-state index contributed by atoms with van der Waals surface area (Å²) < 4.78 is 36.8. The van der Waals surface area contributed by atoms with Gasteiger partial charge in [-0.2, -0.15) is 0 Å². The van der Waals surface area contributed by atoms with Gasteiger partial charge in [0.1, 0.15) is 0 Å². The van der Waals surface area contributed by atoms with Crippen LogP contribution in [-0.2, 0) is 23.7 Å². The number of rotatable bonds is 31. The Kier molecular flexibility index (Phi) is 22.6. The Morgan fingerprint density at radius 2 is 0.425 bits per heavy atom. The van der Waals surface area contributed by atoms with Crippen molar-refractivity contribution in [2.75, 3.05) is 230 Å². The van der Waals surface area contributed by atoms with E-state index in [1.807, 2.05) is 7.11 Å². The number of ether oxygens (including phenoxy) is 5. The van der Waals surface area contributed by atoms with Gasteiger partial charge in [0.05, 0.1) is 52.9 Å². The van der Waals surface area contributed by atoms with Crippen molar-refractivity contribution in [2.24, 2.45) is 35.5 Å². The molecule has 498 valence electrons. The molecule has 87 heavy (non-hydrogen) atoms. The van der Waals surface area contributed by atoms with Gasteiger partial charge in [0.15, 0.2) is 23.1 Å². The summed E-state index contributed by atoms with van der Waals surface area (Å²) in [5, 5.41) is 41.6. The van der Waals surface area contributed by atoms with Gasteiger partial charge in [0.25, 0.3) is 0 Å². The van der Waals surface area contributed by atoms with Crippen LogP contribution in [0, 0.1) is 35.5 Å². The molecule has 13 fully saturated rings. The van der Waals surface area contributed by atoms with Crippen molar-refractivity contribution in [3.8, 4) is 0 Å². The van der Waals surface area contributed by atoms with Gasteiger partial charge in [0, 0.05) is 177 Å². The highest BCUT2D eigenvalue weighted by molar-refractivity contribution is 5.02. The fourth-order valence-electron chi connectivity index (χ4n) is 17.6. The predicted molar refractivity (Wildman–Crippen MR) is 326 cm³/mol. The molecule has 0 spiro atoms. The number of methoxy groups -OCH3 is 1. The van der Waals surface area contributed by atoms with Crippen LogP contribution in [0.1, 0.15) is 77.0 Å². The number of nitrogens with one attached hydrogen (secondary N) is 12. The molecule has 13 N–H and O–H groups in total. The fraction of sp³-hybridized carbons (Fsp3) is 1.00. The molecule has 0 amide bonds. The largest absolute Gasteiger partial charge is 0.396 e. The zero-order valence-electron chi connectivity index (χ0n) is 52.8. The second-order valence-electron chi connectivity index (χ2n) is 26.7. The summed E-state index contributed by atoms with van der Waals surface area (Å²) in [6.45, 7) is 25.9. The molecule has 30 heteroatoms. The Labute approximate surface area is 518 Å². The summed E-state index contributed by atoms with van der Waals surface area (Å²) in [5.41, 5.74) is 45.8. The SMILES string of the molecule is COCC1C(CO)C(COCC(N2CCCN2)(N2CCCN2)N2CCCN2)C(COCC(N2CCCN2)(N2CCCN2)N2CCCN2)C(COCC(N2CCCN2)(N2CCCN2)N2CCCN2)C1COCC(N1CCCN1)(N1CCCN1)N1CCCN1. The van der Waals surface area contributed by atoms with E-state index >= 15 is 0 Å². The average molecular weight is 1230 g/mol. The summed E-state index contributed by atoms with van der Waals surface area (Å²) in [4.78, 5) is 0. The van der Waals surface area contributed by atoms with Crippen molar-refractivity contribution in [1.82, 2.24) is 125 Å². The highest BCUT2D eigenvalue weighted by Crippen LogP contribution is 2.48. The van der Waals surface area contributed by atoms with Crippen LogP contribution in [0.2, 0.25) is 0 Å². The molecule has 12 saturated heterocycles. The molecule has 12 aliphatic heterocycles. The van der Waals surface area contributed by atoms with Crippen LogP contribution < -0.4 is 65.1 Å². The topological polar surface area (TPSA) is 250 Å². The zero-order valence-corrected chi connectivity index (χ0v) is 52.8. The second-order valence-corrected chi connectivity index (χ2v) is 26.7. The molecule has 6 unspecified atom stereocenters. The van der Waals surface area contributed by atoms with E-state index in [0.29, 0.717) is 59.5 Å². The Bertz CT molecular complexity index is 1870. The van der Waals surface area contributed by atoms with E-state index < -0.39 is 23.1 Å². The van der Waals surface area contributed by atoms with Gasteiger partial charge in [-0.1, -0.05) is 0 Å². The van der Waals surface area contributed by atoms with Crippen LogP contribution in [-0.4, -0.2) is 319 Å². The lowest BCUT2D eigenvalue weighted by molar-refractivity contribution is -0.248. The van der Waals surface area contributed by atoms with Gasteiger partial charge in [-0.05, 0) is 113 Å². The van der Waals surface area contributed by atoms with Crippen molar-refractivity contribution in [3.05, 3.63) is 0 Å². The summed E-state index contributed by atoms with van der Waals surface area (Å²) in [7, 11) is 1.83. The molecule has 6 atom stereocenters. The van der Waals surface area contributed by atoms with Gasteiger partial charge in [-0.3, -0.25) is 65.1 Å². The lowest BCUT2D eigenvalue weighted by Gasteiger charge is -2.55. The number of hydrazine groups is 12. The first-order valence-corrected chi connectivity index (χ1v) is 34.6. The van der Waals surface area contributed by atoms with Crippen LogP contribution in [0.3, 0.4) is 0 Å². The highest BCUT2D eigenvalue weighted by Gasteiger charge is 2.58. The minimum Gasteiger partial charge on any atom is -0.396 e. The molecule has 0 aromatic rings. The average Bonchev–Trinajstić information content (AvgIpc) is 2.11. The van der Waals surface area contributed by atoms with Crippen LogP contribution in [0.5, 0.6) is 0 Å². The molecule has 0 bridgehead atoms. The molecular weight excluding hydrogens is 1120 g/mol. The fourth-order valence-corrected chi connectivity index (χ4v) is 17.6. The maximum absolute atomic E-state index is 12.4. The third-order valence-corrected chi connectivity index (χ3v) is 21.8. The lowest BCUT2D eigenvalue weighted by atomic mass is 9.57. The molecule has 0 radical (unpaired) electrons. The second kappa shape index (κ2) is 30.5. The summed E-state index contributed by atoms with van der Waals surface area (Å²) in [6, 6.07) is 0. The minimum absolute atomic E-state index is 0.0259. The first-order valence-electron chi connectivity index (χ1n) is 34.6. The van der Waals surface area contributed by atoms with Crippen molar-refractivity contribution in [3.63, 3.8) is 0 Å². The Morgan fingerprint density at radius 3 is 0.563 bits per heavy atom. The van der Waals surface area contributed by atoms with Crippen LogP contribution in [0.25, 0.3) is 0 Å². The van der Waals surface area contributed by atoms with Crippen molar-refractivity contribution in [1.29, 1.82) is 0 Å². The van der Waals surface area contributed by atoms with Gasteiger partial charge >= 0.3 is 0 Å². The maximum Gasteiger partial charge on any atom is 0.193 e. The monoisotopic (exact) mass is 1230 g/mol. The number of hydrogen-bond donors (Lipinski definition) is 13. The van der Waals surface area contributed by atoms with Crippen molar-refractivity contribution in [2.45, 2.75) is 100 Å². The van der Waals surface area contributed by atoms with E-state index in [4.69, 9.17) is 23.7 Å². The quantitative estimate of drug-likeness (QED) is 0.0313. The van der Waals surface area contributed by atoms with E-state index in [9.17, 15) is 5.11 Å². The standard InChI is InChI=1S/C57H114N24O6/c1-83-39-49-48(38-82)50(40-84-44-54(70-26-2-14-58-70,71-27-3-15-59-71)72-28-4-16-60-72)52(42-86-46-56(76-32-8-20-64-76,77-33-9-21-65-77)78-34-10-22-66-78)53(43-87-47-57(79-35-11-23-67-79,80-36-12-24-68-80)81-37-13-25-69-81)51(49)41-85-45-55(73-29-5-17-61-73,74-30-6-18-62-74)75-31-7-19-63-75/h48-53,58-69,82H,2-47H2,1H3. The van der Waals surface area contributed by atoms with Crippen LogP contribution in [0.15, 0.2) is 0 Å². The molecular formula is C57H114N24O6. The van der Waals surface area contributed by atoms with E-state index in [1.165, 1.54) is 0 Å². The number of aliphatic hydroxyl groups is 1. The molecule has 0 aromatic heterocycles. The zero-order chi connectivity index (χ0) is 58.9. The van der Waals surface area contributed by atoms with Crippen molar-refractivity contribution >= 4 is 0 Å². The third kappa shape index (κ3) is 13.0. The molecule has 30 nitrogen and oxygen atoms in total. The van der Waals surface area contributed by atoms with E-state index in [0.717, 1.165) is 234 Å². The molecule has 1 saturated carbocycles. The Hall–Kier alpha value is -1.20. The maximum atomic E-state index is 12.4. The predicted octanol–water partition coefficient (Wildman–Crippen LogP) is -4.46. The van der Waals surface area contributed by atoms with Gasteiger partial charge < -0.3 is 28.8 Å². The van der Waals surface area contributed by atoms with Crippen LogP contribution >= 0.6 is 0 Å². The Balaban J connectivity index is 0.881. The third-order valence-electron chi connectivity index (χ3n) is 21.8. The molecule has 12 heterocycles. The first kappa shape index (κ1) is 64.5. The minimum atomic E-state index is -0.630. The van der Waals surface area contributed by atoms with Crippen molar-refractivity contribution < 1.29 is 28.8 Å². The number of nitrogens with zero attached hydrogens (tertiary/aromatic N) is 12. The summed E-state index contributed by atoms with van der Waals surface area (Å²) >= 11 is 0. The summed E-state index contributed by atoms with van der Waals surface area (Å²) in [5.74, 6) is -3.25. The van der Waals surface area contributed by atoms with Gasteiger partial charge in [-0.15, -0.1) is 0 Å². The number of hydrogen-bond acceptors (Lipinski definition) is 30. The van der Waals surface area contributed by atoms with E-state index in [-0.39, 0.29) is 42.1 Å². The summed E-state index contributed by atoms with van der Waals surface area (Å²) in [6.07, 6.45) is 12.7. The normalized spacial score (nSPS) is 32.5. The van der Waals surface area contributed by atoms with E-state index in [2.05, 4.69) is 125 Å². The molecule has 13 rings (SSSR count). The number of aliphatic hydroxyl groups excluding tert-OH is 1.